The third kappa shape index (κ3) is 3.60. The monoisotopic (exact) mass is 340 g/mol. The summed E-state index contributed by atoms with van der Waals surface area (Å²) in [7, 11) is 0. The van der Waals surface area contributed by atoms with Gasteiger partial charge in [0, 0.05) is 35.8 Å². The van der Waals surface area contributed by atoms with Gasteiger partial charge in [-0.3, -0.25) is 9.59 Å². The van der Waals surface area contributed by atoms with E-state index in [2.05, 4.69) is 0 Å². The third-order valence-corrected chi connectivity index (χ3v) is 3.95. The van der Waals surface area contributed by atoms with Crippen LogP contribution < -0.4 is 5.56 Å². The molecule has 0 aliphatic rings. The molecule has 0 atom stereocenters. The molecule has 7 heteroatoms. The molecule has 24 heavy (non-hydrogen) atoms. The maximum atomic E-state index is 12.8. The molecule has 0 aliphatic carbocycles. The van der Waals surface area contributed by atoms with Crippen molar-refractivity contribution in [3.05, 3.63) is 57.3 Å². The second kappa shape index (κ2) is 6.67. The number of alkyl halides is 3. The summed E-state index contributed by atoms with van der Waals surface area (Å²) < 4.78 is 41.1. The summed E-state index contributed by atoms with van der Waals surface area (Å²) in [4.78, 5) is 24.2. The second-order valence-corrected chi connectivity index (χ2v) is 5.74. The van der Waals surface area contributed by atoms with Gasteiger partial charge in [0.1, 0.15) is 0 Å². The quantitative estimate of drug-likeness (QED) is 0.781. The lowest BCUT2D eigenvalue weighted by Crippen LogP contribution is -2.25. The molecule has 0 unspecified atom stereocenters. The molecule has 4 nitrogen and oxygen atoms in total. The topological polar surface area (TPSA) is 44.0 Å². The molecule has 2 rings (SSSR count). The van der Waals surface area contributed by atoms with E-state index in [1.807, 2.05) is 18.4 Å². The largest absolute Gasteiger partial charge is 0.417 e. The Labute approximate surface area is 137 Å². The van der Waals surface area contributed by atoms with Crippen LogP contribution >= 0.6 is 0 Å². The number of hydrogen-bond donors (Lipinski definition) is 0. The van der Waals surface area contributed by atoms with Gasteiger partial charge >= 0.3 is 6.18 Å². The summed E-state index contributed by atoms with van der Waals surface area (Å²) in [5, 5.41) is 0. The van der Waals surface area contributed by atoms with Gasteiger partial charge < -0.3 is 9.13 Å². The fraction of sp³-hybridized carbons (Fsp3) is 0.412. The van der Waals surface area contributed by atoms with Gasteiger partial charge in [0.25, 0.3) is 5.56 Å². The van der Waals surface area contributed by atoms with Crippen LogP contribution in [0.15, 0.2) is 29.2 Å². The molecule has 0 bridgehead atoms. The predicted octanol–water partition coefficient (Wildman–Crippen LogP) is 3.58. The Morgan fingerprint density at radius 2 is 1.88 bits per heavy atom. The summed E-state index contributed by atoms with van der Waals surface area (Å²) >= 11 is 0. The van der Waals surface area contributed by atoms with Crippen molar-refractivity contribution in [2.75, 3.05) is 0 Å². The zero-order valence-corrected chi connectivity index (χ0v) is 13.8. The molecular weight excluding hydrogens is 321 g/mol. The zero-order chi connectivity index (χ0) is 18.1. The second-order valence-electron chi connectivity index (χ2n) is 5.74. The van der Waals surface area contributed by atoms with Gasteiger partial charge in [-0.2, -0.15) is 13.2 Å². The minimum Gasteiger partial charge on any atom is -0.348 e. The summed E-state index contributed by atoms with van der Waals surface area (Å²) in [6.45, 7) is 6.02. The van der Waals surface area contributed by atoms with Crippen LogP contribution in [-0.2, 0) is 19.3 Å². The first kappa shape index (κ1) is 18.0. The van der Waals surface area contributed by atoms with E-state index >= 15 is 0 Å². The highest BCUT2D eigenvalue weighted by atomic mass is 19.4. The number of aromatic nitrogens is 2. The highest BCUT2D eigenvalue weighted by Gasteiger charge is 2.31. The van der Waals surface area contributed by atoms with Crippen molar-refractivity contribution in [3.63, 3.8) is 0 Å². The molecule has 0 radical (unpaired) electrons. The van der Waals surface area contributed by atoms with E-state index in [0.29, 0.717) is 11.8 Å². The van der Waals surface area contributed by atoms with Crippen LogP contribution in [0.1, 0.15) is 40.7 Å². The zero-order valence-electron chi connectivity index (χ0n) is 13.8. The molecular formula is C17H19F3N2O2. The summed E-state index contributed by atoms with van der Waals surface area (Å²) in [6, 6.07) is 3.26. The lowest BCUT2D eigenvalue weighted by Gasteiger charge is -2.11. The predicted molar refractivity (Wildman–Crippen MR) is 84.2 cm³/mol. The number of Topliss-reactive ketones (excluding diaryl/α,β-unsaturated/α-hetero) is 1. The van der Waals surface area contributed by atoms with E-state index in [4.69, 9.17) is 0 Å². The van der Waals surface area contributed by atoms with Crippen molar-refractivity contribution in [1.29, 1.82) is 0 Å². The number of halogens is 3. The number of ketones is 1. The van der Waals surface area contributed by atoms with Crippen molar-refractivity contribution >= 4 is 5.78 Å². The summed E-state index contributed by atoms with van der Waals surface area (Å²) in [6.07, 6.45) is -2.97. The molecule has 0 spiro atoms. The fourth-order valence-electron chi connectivity index (χ4n) is 2.71. The van der Waals surface area contributed by atoms with Gasteiger partial charge in [-0.15, -0.1) is 0 Å². The van der Waals surface area contributed by atoms with Crippen LogP contribution in [0, 0.1) is 13.8 Å². The lowest BCUT2D eigenvalue weighted by atomic mass is 10.1. The molecule has 0 fully saturated rings. The van der Waals surface area contributed by atoms with Crippen molar-refractivity contribution in [2.45, 2.75) is 46.5 Å². The molecule has 2 aromatic rings. The molecule has 0 aliphatic heterocycles. The summed E-state index contributed by atoms with van der Waals surface area (Å²) in [5.41, 5.74) is 0.517. The first-order chi connectivity index (χ1) is 11.1. The molecule has 2 aromatic heterocycles. The normalized spacial score (nSPS) is 11.8. The maximum absolute atomic E-state index is 12.8. The lowest BCUT2D eigenvalue weighted by molar-refractivity contribution is -0.138. The number of carbonyl (C=O) groups is 1. The van der Waals surface area contributed by atoms with E-state index in [1.165, 1.54) is 0 Å². The number of carbonyl (C=O) groups excluding carboxylic acids is 1. The average molecular weight is 340 g/mol. The number of aryl methyl sites for hydroxylation is 1. The van der Waals surface area contributed by atoms with Crippen LogP contribution in [-0.4, -0.2) is 14.9 Å². The van der Waals surface area contributed by atoms with Crippen LogP contribution in [0.4, 0.5) is 13.2 Å². The summed E-state index contributed by atoms with van der Waals surface area (Å²) in [5.74, 6) is -0.383. The first-order valence-electron chi connectivity index (χ1n) is 7.62. The molecule has 0 amide bonds. The average Bonchev–Trinajstić information content (AvgIpc) is 2.77. The van der Waals surface area contributed by atoms with Gasteiger partial charge in [-0.1, -0.05) is 6.92 Å². The Bertz CT molecular complexity index is 816. The number of rotatable bonds is 5. The SMILES string of the molecule is CCCn1c(C)cc(C(=O)Cn2cc(C(F)(F)F)ccc2=O)c1C. The highest BCUT2D eigenvalue weighted by molar-refractivity contribution is 5.97. The van der Waals surface area contributed by atoms with Gasteiger partial charge in [-0.05, 0) is 32.4 Å². The van der Waals surface area contributed by atoms with E-state index in [0.717, 1.165) is 41.1 Å². The maximum Gasteiger partial charge on any atom is 0.417 e. The number of pyridine rings is 1. The smallest absolute Gasteiger partial charge is 0.348 e. The van der Waals surface area contributed by atoms with E-state index < -0.39 is 23.8 Å². The molecule has 130 valence electrons. The molecule has 2 heterocycles. The van der Waals surface area contributed by atoms with Gasteiger partial charge in [0.05, 0.1) is 12.1 Å². The molecule has 0 N–H and O–H groups in total. The van der Waals surface area contributed by atoms with Gasteiger partial charge in [0.15, 0.2) is 5.78 Å². The molecule has 0 saturated heterocycles. The minimum atomic E-state index is -4.56. The van der Waals surface area contributed by atoms with Crippen LogP contribution in [0.2, 0.25) is 0 Å². The van der Waals surface area contributed by atoms with Crippen LogP contribution in [0.25, 0.3) is 0 Å². The van der Waals surface area contributed by atoms with Crippen molar-refractivity contribution in [3.8, 4) is 0 Å². The van der Waals surface area contributed by atoms with Crippen molar-refractivity contribution in [1.82, 2.24) is 9.13 Å². The Morgan fingerprint density at radius 3 is 2.46 bits per heavy atom. The Balaban J connectivity index is 2.34. The highest BCUT2D eigenvalue weighted by Crippen LogP contribution is 2.28. The fourth-order valence-corrected chi connectivity index (χ4v) is 2.71. The first-order valence-corrected chi connectivity index (χ1v) is 7.62. The standard InChI is InChI=1S/C17H19F3N2O2/c1-4-7-22-11(2)8-14(12(22)3)15(23)10-21-9-13(17(18,19)20)5-6-16(21)24/h5-6,8-9H,4,7,10H2,1-3H3. The third-order valence-electron chi connectivity index (χ3n) is 3.95. The number of hydrogen-bond acceptors (Lipinski definition) is 2. The number of nitrogens with zero attached hydrogens (tertiary/aromatic N) is 2. The molecule has 0 saturated carbocycles. The van der Waals surface area contributed by atoms with Crippen molar-refractivity contribution < 1.29 is 18.0 Å². The van der Waals surface area contributed by atoms with Crippen LogP contribution in [0.3, 0.4) is 0 Å². The Hall–Kier alpha value is -2.31. The van der Waals surface area contributed by atoms with Crippen molar-refractivity contribution in [2.24, 2.45) is 0 Å². The van der Waals surface area contributed by atoms with Crippen LogP contribution in [0.5, 0.6) is 0 Å². The molecule has 0 aromatic carbocycles. The van der Waals surface area contributed by atoms with E-state index in [1.54, 1.807) is 13.0 Å². The Kier molecular flexibility index (Phi) is 5.01. The minimum absolute atomic E-state index is 0.383. The van der Waals surface area contributed by atoms with E-state index in [-0.39, 0.29) is 5.78 Å². The van der Waals surface area contributed by atoms with Gasteiger partial charge in [-0.25, -0.2) is 0 Å². The van der Waals surface area contributed by atoms with Gasteiger partial charge in [0.2, 0.25) is 0 Å². The Morgan fingerprint density at radius 1 is 1.21 bits per heavy atom. The van der Waals surface area contributed by atoms with E-state index in [9.17, 15) is 22.8 Å².